The molecular formula is C25H28ClF3N4O3S. The molecular weight excluding hydrogens is 529 g/mol. The molecule has 2 N–H and O–H groups in total. The summed E-state index contributed by atoms with van der Waals surface area (Å²) >= 11 is 11.9. The van der Waals surface area contributed by atoms with Crippen molar-refractivity contribution in [2.45, 2.75) is 58.2 Å². The number of nitrogens with zero attached hydrogens (tertiary/aromatic N) is 3. The Kier molecular flexibility index (Phi) is 7.84. The number of carbonyl (C=O) groups excluding carboxylic acids is 1. The lowest BCUT2D eigenvalue weighted by atomic mass is 10.0. The molecule has 2 aromatic rings. The maximum Gasteiger partial charge on any atom is 0.417 e. The molecule has 3 rings (SSSR count). The third-order valence-corrected chi connectivity index (χ3v) is 6.29. The van der Waals surface area contributed by atoms with Crippen LogP contribution in [-0.4, -0.2) is 46.9 Å². The molecule has 1 aliphatic heterocycles. The molecule has 37 heavy (non-hydrogen) atoms. The lowest BCUT2D eigenvalue weighted by Crippen LogP contribution is -2.47. The minimum absolute atomic E-state index is 0.0630. The van der Waals surface area contributed by atoms with Gasteiger partial charge in [0.15, 0.2) is 11.3 Å². The Hall–Kier alpha value is -2.89. The van der Waals surface area contributed by atoms with Gasteiger partial charge in [0, 0.05) is 30.2 Å². The third kappa shape index (κ3) is 6.00. The van der Waals surface area contributed by atoms with Gasteiger partial charge in [0.25, 0.3) is 0 Å². The molecule has 7 nitrogen and oxygen atoms in total. The van der Waals surface area contributed by atoms with Gasteiger partial charge < -0.3 is 14.7 Å². The monoisotopic (exact) mass is 556 g/mol. The highest BCUT2D eigenvalue weighted by molar-refractivity contribution is 7.80. The number of anilines is 3. The second kappa shape index (κ2) is 10.1. The number of amides is 1. The number of thiocarbonyl (C=S) groups is 1. The van der Waals surface area contributed by atoms with Crippen molar-refractivity contribution >= 4 is 58.3 Å². The van der Waals surface area contributed by atoms with Crippen molar-refractivity contribution in [3.05, 3.63) is 52.5 Å². The van der Waals surface area contributed by atoms with E-state index < -0.39 is 35.2 Å². The Morgan fingerprint density at radius 2 is 1.81 bits per heavy atom. The first-order chi connectivity index (χ1) is 17.0. The molecule has 1 atom stereocenters. The first kappa shape index (κ1) is 28.7. The maximum atomic E-state index is 13.8. The lowest BCUT2D eigenvalue weighted by molar-refractivity contribution is -0.137. The summed E-state index contributed by atoms with van der Waals surface area (Å²) in [7, 11) is 1.38. The fourth-order valence-corrected chi connectivity index (χ4v) is 4.65. The lowest BCUT2D eigenvalue weighted by Gasteiger charge is -2.33. The number of aliphatic imine (C=N–C) groups is 1. The van der Waals surface area contributed by atoms with E-state index in [9.17, 15) is 23.1 Å². The molecule has 12 heteroatoms. The summed E-state index contributed by atoms with van der Waals surface area (Å²) in [4.78, 5) is 18.8. The fourth-order valence-electron chi connectivity index (χ4n) is 3.94. The van der Waals surface area contributed by atoms with Gasteiger partial charge in [-0.25, -0.2) is 4.79 Å². The number of ether oxygens (including phenoxy) is 1. The number of aliphatic hydroxyl groups is 1. The zero-order valence-electron chi connectivity index (χ0n) is 21.1. The predicted octanol–water partition coefficient (Wildman–Crippen LogP) is 6.46. The Morgan fingerprint density at radius 3 is 2.38 bits per heavy atom. The van der Waals surface area contributed by atoms with Gasteiger partial charge in [-0.3, -0.25) is 15.2 Å². The van der Waals surface area contributed by atoms with Gasteiger partial charge in [-0.2, -0.15) is 13.2 Å². The van der Waals surface area contributed by atoms with Gasteiger partial charge in [0.05, 0.1) is 21.8 Å². The summed E-state index contributed by atoms with van der Waals surface area (Å²) < 4.78 is 46.6. The van der Waals surface area contributed by atoms with Gasteiger partial charge in [-0.05, 0) is 77.2 Å². The standard InChI is InChI=1S/C25H28ClF3N4O3S/c1-23(2,3)36-21(35)31-19-12-16(9-10-18(19)26)33-22(37)32(20(34)24(33,4)5)15-8-7-14(13-30-6)17(11-15)25(27,28)29/h7-13,20,34H,1-6H3,(H,31,35). The van der Waals surface area contributed by atoms with Gasteiger partial charge in [-0.1, -0.05) is 17.7 Å². The minimum atomic E-state index is -4.65. The van der Waals surface area contributed by atoms with Crippen LogP contribution < -0.4 is 15.1 Å². The highest BCUT2D eigenvalue weighted by atomic mass is 35.5. The Morgan fingerprint density at radius 1 is 1.19 bits per heavy atom. The van der Waals surface area contributed by atoms with Crippen LogP contribution in [0.25, 0.3) is 0 Å². The minimum Gasteiger partial charge on any atom is -0.444 e. The topological polar surface area (TPSA) is 77.4 Å². The molecule has 0 spiro atoms. The molecule has 2 aromatic carbocycles. The van der Waals surface area contributed by atoms with Crippen LogP contribution in [0.15, 0.2) is 41.4 Å². The molecule has 1 heterocycles. The van der Waals surface area contributed by atoms with Gasteiger partial charge >= 0.3 is 12.3 Å². The van der Waals surface area contributed by atoms with E-state index in [1.54, 1.807) is 51.7 Å². The molecule has 0 aliphatic carbocycles. The van der Waals surface area contributed by atoms with Crippen molar-refractivity contribution < 1.29 is 27.8 Å². The van der Waals surface area contributed by atoms with E-state index in [1.165, 1.54) is 30.1 Å². The van der Waals surface area contributed by atoms with Crippen molar-refractivity contribution in [2.75, 3.05) is 22.2 Å². The molecule has 1 aliphatic rings. The zero-order chi connectivity index (χ0) is 27.9. The second-order valence-electron chi connectivity index (χ2n) is 9.96. The molecule has 1 fully saturated rings. The average Bonchev–Trinajstić information content (AvgIpc) is 2.92. The molecule has 0 radical (unpaired) electrons. The number of benzene rings is 2. The fraction of sp³-hybridized carbons (Fsp3) is 0.400. The number of hydrogen-bond donors (Lipinski definition) is 2. The van der Waals surface area contributed by atoms with Crippen LogP contribution in [0.2, 0.25) is 5.02 Å². The van der Waals surface area contributed by atoms with Crippen molar-refractivity contribution in [3.8, 4) is 0 Å². The highest BCUT2D eigenvalue weighted by Crippen LogP contribution is 2.42. The maximum absolute atomic E-state index is 13.8. The van der Waals surface area contributed by atoms with Crippen LogP contribution in [0.5, 0.6) is 0 Å². The van der Waals surface area contributed by atoms with Crippen molar-refractivity contribution in [3.63, 3.8) is 0 Å². The molecule has 0 saturated carbocycles. The smallest absolute Gasteiger partial charge is 0.417 e. The van der Waals surface area contributed by atoms with Crippen LogP contribution in [0.3, 0.4) is 0 Å². The highest BCUT2D eigenvalue weighted by Gasteiger charge is 2.50. The number of carbonyl (C=O) groups is 1. The van der Waals surface area contributed by atoms with E-state index in [1.807, 2.05) is 0 Å². The first-order valence-corrected chi connectivity index (χ1v) is 12.0. The van der Waals surface area contributed by atoms with E-state index in [0.717, 1.165) is 12.3 Å². The van der Waals surface area contributed by atoms with Crippen LogP contribution >= 0.6 is 23.8 Å². The molecule has 1 saturated heterocycles. The number of nitrogens with one attached hydrogen (secondary N) is 1. The quantitative estimate of drug-likeness (QED) is 0.332. The van der Waals surface area contributed by atoms with Gasteiger partial charge in [0.2, 0.25) is 0 Å². The van der Waals surface area contributed by atoms with Crippen LogP contribution in [0, 0.1) is 0 Å². The van der Waals surface area contributed by atoms with Crippen molar-refractivity contribution in [1.82, 2.24) is 0 Å². The van der Waals surface area contributed by atoms with Crippen LogP contribution in [-0.2, 0) is 10.9 Å². The summed E-state index contributed by atoms with van der Waals surface area (Å²) in [5.41, 5.74) is -2.06. The second-order valence-corrected chi connectivity index (χ2v) is 10.7. The number of rotatable bonds is 4. The largest absolute Gasteiger partial charge is 0.444 e. The molecule has 0 aromatic heterocycles. The van der Waals surface area contributed by atoms with E-state index in [2.05, 4.69) is 10.3 Å². The summed E-state index contributed by atoms with van der Waals surface area (Å²) in [6.45, 7) is 8.55. The summed E-state index contributed by atoms with van der Waals surface area (Å²) in [6, 6.07) is 8.38. The molecule has 0 bridgehead atoms. The van der Waals surface area contributed by atoms with Gasteiger partial charge in [-0.15, -0.1) is 0 Å². The third-order valence-electron chi connectivity index (χ3n) is 5.58. The predicted molar refractivity (Wildman–Crippen MR) is 144 cm³/mol. The number of alkyl halides is 3. The summed E-state index contributed by atoms with van der Waals surface area (Å²) in [5.74, 6) is 0. The summed E-state index contributed by atoms with van der Waals surface area (Å²) in [5, 5.41) is 14.1. The number of aliphatic hydroxyl groups excluding tert-OH is 1. The zero-order valence-corrected chi connectivity index (χ0v) is 22.7. The van der Waals surface area contributed by atoms with E-state index in [4.69, 9.17) is 28.6 Å². The van der Waals surface area contributed by atoms with E-state index in [-0.39, 0.29) is 27.1 Å². The SMILES string of the molecule is CN=Cc1ccc(N2C(=S)N(c3ccc(Cl)c(NC(=O)OC(C)(C)C)c3)C(C)(C)C2O)cc1C(F)(F)F. The normalized spacial score (nSPS) is 18.0. The Labute approximate surface area is 223 Å². The molecule has 1 amide bonds. The number of hydrogen-bond acceptors (Lipinski definition) is 5. The van der Waals surface area contributed by atoms with E-state index in [0.29, 0.717) is 5.69 Å². The first-order valence-electron chi connectivity index (χ1n) is 11.2. The van der Waals surface area contributed by atoms with Crippen molar-refractivity contribution in [2.24, 2.45) is 4.99 Å². The number of halogens is 4. The van der Waals surface area contributed by atoms with Crippen LogP contribution in [0.4, 0.5) is 35.0 Å². The molecule has 1 unspecified atom stereocenters. The summed E-state index contributed by atoms with van der Waals surface area (Å²) in [6.07, 6.45) is -5.54. The van der Waals surface area contributed by atoms with Crippen LogP contribution in [0.1, 0.15) is 45.7 Å². The Balaban J connectivity index is 2.02. The van der Waals surface area contributed by atoms with Gasteiger partial charge in [0.1, 0.15) is 5.60 Å². The van der Waals surface area contributed by atoms with E-state index >= 15 is 0 Å². The molecule has 200 valence electrons. The Bertz CT molecular complexity index is 1240. The van der Waals surface area contributed by atoms with Crippen molar-refractivity contribution in [1.29, 1.82) is 0 Å². The average molecular weight is 557 g/mol.